The zero-order valence-electron chi connectivity index (χ0n) is 13.4. The summed E-state index contributed by atoms with van der Waals surface area (Å²) in [5.74, 6) is 0.597. The molecule has 126 valence electrons. The Hall–Kier alpha value is -2.29. The molecule has 0 aliphatic rings. The van der Waals surface area contributed by atoms with Crippen LogP contribution in [0.4, 0.5) is 0 Å². The van der Waals surface area contributed by atoms with Gasteiger partial charge in [0.2, 0.25) is 0 Å². The first-order valence-corrected chi connectivity index (χ1v) is 8.62. The lowest BCUT2D eigenvalue weighted by Gasteiger charge is -2.09. The van der Waals surface area contributed by atoms with Crippen LogP contribution in [-0.2, 0) is 13.0 Å². The second-order valence-corrected chi connectivity index (χ2v) is 6.42. The Balaban J connectivity index is 1.71. The largest absolute Gasteiger partial charge is 0.489 e. The van der Waals surface area contributed by atoms with E-state index in [1.165, 1.54) is 0 Å². The molecule has 3 rings (SSSR count). The molecule has 0 N–H and O–H groups in total. The maximum absolute atomic E-state index is 12.6. The number of carbonyl (C=O) groups is 1. The Bertz CT molecular complexity index is 856. The average molecular weight is 371 g/mol. The van der Waals surface area contributed by atoms with Crippen molar-refractivity contribution in [3.8, 4) is 5.75 Å². The van der Waals surface area contributed by atoms with Crippen molar-refractivity contribution in [2.45, 2.75) is 13.0 Å². The molecule has 3 aromatic carbocycles. The molecule has 0 atom stereocenters. The summed E-state index contributed by atoms with van der Waals surface area (Å²) in [7, 11) is 0. The molecular formula is C21H16Cl2O2. The van der Waals surface area contributed by atoms with E-state index >= 15 is 0 Å². The third-order valence-electron chi connectivity index (χ3n) is 3.80. The van der Waals surface area contributed by atoms with Crippen molar-refractivity contribution in [3.63, 3.8) is 0 Å². The molecule has 0 bridgehead atoms. The highest BCUT2D eigenvalue weighted by atomic mass is 35.5. The van der Waals surface area contributed by atoms with E-state index in [2.05, 4.69) is 0 Å². The number of benzene rings is 3. The molecular weight excluding hydrogens is 355 g/mol. The topological polar surface area (TPSA) is 26.3 Å². The second kappa shape index (κ2) is 8.19. The molecule has 0 saturated carbocycles. The highest BCUT2D eigenvalue weighted by molar-refractivity contribution is 6.36. The van der Waals surface area contributed by atoms with Gasteiger partial charge < -0.3 is 4.74 Å². The van der Waals surface area contributed by atoms with Crippen LogP contribution in [0.1, 0.15) is 21.5 Å². The van der Waals surface area contributed by atoms with Crippen molar-refractivity contribution in [3.05, 3.63) is 99.5 Å². The quantitative estimate of drug-likeness (QED) is 0.497. The van der Waals surface area contributed by atoms with Crippen molar-refractivity contribution in [2.75, 3.05) is 0 Å². The maximum Gasteiger partial charge on any atom is 0.167 e. The van der Waals surface area contributed by atoms with Gasteiger partial charge in [0, 0.05) is 22.0 Å². The van der Waals surface area contributed by atoms with Gasteiger partial charge in [-0.1, -0.05) is 71.7 Å². The predicted octanol–water partition coefficient (Wildman–Crippen LogP) is 6.00. The minimum Gasteiger partial charge on any atom is -0.489 e. The number of ketones is 1. The summed E-state index contributed by atoms with van der Waals surface area (Å²) in [6.45, 7) is 0.453. The summed E-state index contributed by atoms with van der Waals surface area (Å²) in [5, 5.41) is 0.995. The van der Waals surface area contributed by atoms with Crippen LogP contribution in [0.2, 0.25) is 10.0 Å². The monoisotopic (exact) mass is 370 g/mol. The molecule has 0 aromatic heterocycles. The van der Waals surface area contributed by atoms with Gasteiger partial charge in [0.25, 0.3) is 0 Å². The molecule has 0 radical (unpaired) electrons. The Morgan fingerprint density at radius 2 is 1.52 bits per heavy atom. The lowest BCUT2D eigenvalue weighted by Crippen LogP contribution is -2.05. The van der Waals surface area contributed by atoms with Gasteiger partial charge in [-0.05, 0) is 35.4 Å². The van der Waals surface area contributed by atoms with E-state index in [-0.39, 0.29) is 12.2 Å². The number of hydrogen-bond donors (Lipinski definition) is 0. The summed E-state index contributed by atoms with van der Waals surface area (Å²) < 4.78 is 5.78. The van der Waals surface area contributed by atoms with Gasteiger partial charge in [0.05, 0.1) is 0 Å². The van der Waals surface area contributed by atoms with Crippen LogP contribution in [0.25, 0.3) is 0 Å². The predicted molar refractivity (Wildman–Crippen MR) is 102 cm³/mol. The fourth-order valence-corrected chi connectivity index (χ4v) is 3.00. The molecule has 0 amide bonds. The SMILES string of the molecule is O=C(Cc1c(Cl)cccc1Cl)c1cccc(OCc2ccccc2)c1. The number of hydrogen-bond acceptors (Lipinski definition) is 2. The van der Waals surface area contributed by atoms with Crippen LogP contribution < -0.4 is 4.74 Å². The molecule has 2 nitrogen and oxygen atoms in total. The molecule has 0 saturated heterocycles. The standard InChI is InChI=1S/C21H16Cl2O2/c22-19-10-5-11-20(23)18(19)13-21(24)16-8-4-9-17(12-16)25-14-15-6-2-1-3-7-15/h1-12H,13-14H2. The lowest BCUT2D eigenvalue weighted by atomic mass is 10.0. The highest BCUT2D eigenvalue weighted by Crippen LogP contribution is 2.26. The highest BCUT2D eigenvalue weighted by Gasteiger charge is 2.13. The number of ether oxygens (including phenoxy) is 1. The first-order valence-electron chi connectivity index (χ1n) is 7.86. The molecule has 0 unspecified atom stereocenters. The molecule has 25 heavy (non-hydrogen) atoms. The number of rotatable bonds is 6. The fourth-order valence-electron chi connectivity index (χ4n) is 2.46. The summed E-state index contributed by atoms with van der Waals surface area (Å²) in [6.07, 6.45) is 0.153. The van der Waals surface area contributed by atoms with Crippen molar-refractivity contribution in [2.24, 2.45) is 0 Å². The van der Waals surface area contributed by atoms with Crippen LogP contribution >= 0.6 is 23.2 Å². The van der Waals surface area contributed by atoms with E-state index in [1.54, 1.807) is 30.3 Å². The van der Waals surface area contributed by atoms with Gasteiger partial charge in [-0.3, -0.25) is 4.79 Å². The van der Waals surface area contributed by atoms with Crippen molar-refractivity contribution >= 4 is 29.0 Å². The normalized spacial score (nSPS) is 10.5. The van der Waals surface area contributed by atoms with E-state index in [9.17, 15) is 4.79 Å². The van der Waals surface area contributed by atoms with Gasteiger partial charge in [0.15, 0.2) is 5.78 Å². The van der Waals surface area contributed by atoms with Crippen LogP contribution in [0, 0.1) is 0 Å². The van der Waals surface area contributed by atoms with Gasteiger partial charge in [-0.15, -0.1) is 0 Å². The Morgan fingerprint density at radius 3 is 2.24 bits per heavy atom. The zero-order valence-corrected chi connectivity index (χ0v) is 14.9. The number of halogens is 2. The van der Waals surface area contributed by atoms with Crippen LogP contribution in [0.15, 0.2) is 72.8 Å². The van der Waals surface area contributed by atoms with Crippen LogP contribution in [0.3, 0.4) is 0 Å². The van der Waals surface area contributed by atoms with E-state index < -0.39 is 0 Å². The number of Topliss-reactive ketones (excluding diaryl/α,β-unsaturated/α-hetero) is 1. The molecule has 0 heterocycles. The first-order chi connectivity index (χ1) is 12.1. The van der Waals surface area contributed by atoms with E-state index in [1.807, 2.05) is 42.5 Å². The average Bonchev–Trinajstić information content (AvgIpc) is 2.64. The first kappa shape index (κ1) is 17.5. The maximum atomic E-state index is 12.6. The summed E-state index contributed by atoms with van der Waals surface area (Å²) in [6, 6.07) is 22.3. The Kier molecular flexibility index (Phi) is 5.75. The van der Waals surface area contributed by atoms with Crippen LogP contribution in [-0.4, -0.2) is 5.78 Å². The van der Waals surface area contributed by atoms with Crippen molar-refractivity contribution in [1.82, 2.24) is 0 Å². The van der Waals surface area contributed by atoms with Crippen LogP contribution in [0.5, 0.6) is 5.75 Å². The Labute approximate surface area is 157 Å². The third kappa shape index (κ3) is 4.62. The summed E-state index contributed by atoms with van der Waals surface area (Å²) in [4.78, 5) is 12.6. The molecule has 0 fully saturated rings. The van der Waals surface area contributed by atoms with Crippen molar-refractivity contribution in [1.29, 1.82) is 0 Å². The Morgan fingerprint density at radius 1 is 0.840 bits per heavy atom. The molecule has 0 aliphatic carbocycles. The molecule has 4 heteroatoms. The smallest absolute Gasteiger partial charge is 0.167 e. The van der Waals surface area contributed by atoms with E-state index in [0.717, 1.165) is 5.56 Å². The minimum atomic E-state index is -0.0554. The van der Waals surface area contributed by atoms with Gasteiger partial charge >= 0.3 is 0 Å². The van der Waals surface area contributed by atoms with Crippen molar-refractivity contribution < 1.29 is 9.53 Å². The third-order valence-corrected chi connectivity index (χ3v) is 4.51. The minimum absolute atomic E-state index is 0.0554. The van der Waals surface area contributed by atoms with Gasteiger partial charge in [0.1, 0.15) is 12.4 Å². The number of carbonyl (C=O) groups excluding carboxylic acids is 1. The second-order valence-electron chi connectivity index (χ2n) is 5.60. The zero-order chi connectivity index (χ0) is 17.6. The van der Waals surface area contributed by atoms with E-state index in [0.29, 0.717) is 33.5 Å². The molecule has 3 aromatic rings. The summed E-state index contributed by atoms with van der Waals surface area (Å²) in [5.41, 5.74) is 2.29. The molecule has 0 aliphatic heterocycles. The lowest BCUT2D eigenvalue weighted by molar-refractivity contribution is 0.0992. The van der Waals surface area contributed by atoms with E-state index in [4.69, 9.17) is 27.9 Å². The molecule has 0 spiro atoms. The summed E-state index contributed by atoms with van der Waals surface area (Å²) >= 11 is 12.3. The van der Waals surface area contributed by atoms with Gasteiger partial charge in [-0.25, -0.2) is 0 Å². The fraction of sp³-hybridized carbons (Fsp3) is 0.0952. The van der Waals surface area contributed by atoms with Gasteiger partial charge in [-0.2, -0.15) is 0 Å².